The fraction of sp³-hybridized carbons (Fsp3) is 1.00. The Morgan fingerprint density at radius 2 is 2.17 bits per heavy atom. The molecule has 0 N–H and O–H groups in total. The van der Waals surface area contributed by atoms with Gasteiger partial charge in [0.2, 0.25) is 0 Å². The molecule has 0 saturated carbocycles. The third-order valence-electron chi connectivity index (χ3n) is 3.61. The molecule has 0 amide bonds. The summed E-state index contributed by atoms with van der Waals surface area (Å²) in [6.45, 7) is 6.29. The Kier molecular flexibility index (Phi) is 1.90. The molecular formula is C10H18FN. The van der Waals surface area contributed by atoms with Crippen LogP contribution in [0.2, 0.25) is 0 Å². The highest BCUT2D eigenvalue weighted by Gasteiger charge is 2.49. The third kappa shape index (κ3) is 1.08. The summed E-state index contributed by atoms with van der Waals surface area (Å²) >= 11 is 0. The summed E-state index contributed by atoms with van der Waals surface area (Å²) in [7, 11) is 0. The topological polar surface area (TPSA) is 3.24 Å². The summed E-state index contributed by atoms with van der Waals surface area (Å²) in [5.74, 6) is 0.775. The summed E-state index contributed by atoms with van der Waals surface area (Å²) in [6, 6.07) is 0. The van der Waals surface area contributed by atoms with Crippen molar-refractivity contribution in [3.8, 4) is 0 Å². The van der Waals surface area contributed by atoms with Crippen molar-refractivity contribution in [1.82, 2.24) is 4.90 Å². The van der Waals surface area contributed by atoms with Gasteiger partial charge in [-0.2, -0.15) is 0 Å². The van der Waals surface area contributed by atoms with Gasteiger partial charge in [0.1, 0.15) is 6.17 Å². The molecule has 2 fully saturated rings. The van der Waals surface area contributed by atoms with Crippen molar-refractivity contribution < 1.29 is 4.39 Å². The highest BCUT2D eigenvalue weighted by Crippen LogP contribution is 2.44. The van der Waals surface area contributed by atoms with Gasteiger partial charge in [0, 0.05) is 18.6 Å². The molecule has 0 aliphatic carbocycles. The zero-order chi connectivity index (χ0) is 8.77. The molecule has 3 unspecified atom stereocenters. The van der Waals surface area contributed by atoms with Crippen LogP contribution in [0.25, 0.3) is 0 Å². The van der Waals surface area contributed by atoms with E-state index in [4.69, 9.17) is 0 Å². The predicted molar refractivity (Wildman–Crippen MR) is 47.9 cm³/mol. The molecule has 0 aromatic heterocycles. The third-order valence-corrected chi connectivity index (χ3v) is 3.61. The second kappa shape index (κ2) is 2.69. The van der Waals surface area contributed by atoms with E-state index in [-0.39, 0.29) is 5.54 Å². The molecule has 1 nitrogen and oxygen atoms in total. The van der Waals surface area contributed by atoms with Crippen molar-refractivity contribution in [2.75, 3.05) is 13.1 Å². The van der Waals surface area contributed by atoms with E-state index in [1.165, 1.54) is 6.42 Å². The molecule has 3 atom stereocenters. The van der Waals surface area contributed by atoms with Gasteiger partial charge < -0.3 is 0 Å². The molecule has 0 bridgehead atoms. The second-order valence-electron chi connectivity index (χ2n) is 4.59. The number of rotatable bonds is 1. The second-order valence-corrected chi connectivity index (χ2v) is 4.59. The normalized spacial score (nSPS) is 48.2. The number of nitrogens with zero attached hydrogens (tertiary/aromatic N) is 1. The van der Waals surface area contributed by atoms with E-state index in [2.05, 4.69) is 18.7 Å². The van der Waals surface area contributed by atoms with Crippen molar-refractivity contribution in [1.29, 1.82) is 0 Å². The number of alkyl halides is 1. The number of fused-ring (bicyclic) bond motifs is 1. The summed E-state index contributed by atoms with van der Waals surface area (Å²) < 4.78 is 13.2. The molecule has 12 heavy (non-hydrogen) atoms. The van der Waals surface area contributed by atoms with Crippen molar-refractivity contribution in [3.05, 3.63) is 0 Å². The SMILES string of the molecule is CCC12CC(C)CN1CC(F)C2. The first-order valence-electron chi connectivity index (χ1n) is 5.05. The van der Waals surface area contributed by atoms with Crippen LogP contribution < -0.4 is 0 Å². The fourth-order valence-electron chi connectivity index (χ4n) is 3.12. The summed E-state index contributed by atoms with van der Waals surface area (Å²) in [6.07, 6.45) is 2.56. The Morgan fingerprint density at radius 3 is 2.75 bits per heavy atom. The van der Waals surface area contributed by atoms with E-state index >= 15 is 0 Å². The van der Waals surface area contributed by atoms with Crippen LogP contribution in [0.5, 0.6) is 0 Å². The molecule has 0 radical (unpaired) electrons. The number of hydrogen-bond donors (Lipinski definition) is 0. The van der Waals surface area contributed by atoms with Gasteiger partial charge in [-0.15, -0.1) is 0 Å². The predicted octanol–water partition coefficient (Wildman–Crippen LogP) is 2.22. The van der Waals surface area contributed by atoms with Gasteiger partial charge in [-0.1, -0.05) is 13.8 Å². The fourth-order valence-corrected chi connectivity index (χ4v) is 3.12. The average molecular weight is 171 g/mol. The molecule has 2 heteroatoms. The van der Waals surface area contributed by atoms with Crippen LogP contribution >= 0.6 is 0 Å². The van der Waals surface area contributed by atoms with Gasteiger partial charge in [0.25, 0.3) is 0 Å². The molecular weight excluding hydrogens is 153 g/mol. The molecule has 2 aliphatic heterocycles. The largest absolute Gasteiger partial charge is 0.294 e. The lowest BCUT2D eigenvalue weighted by atomic mass is 9.88. The van der Waals surface area contributed by atoms with Gasteiger partial charge in [-0.25, -0.2) is 4.39 Å². The zero-order valence-corrected chi connectivity index (χ0v) is 8.02. The van der Waals surface area contributed by atoms with E-state index in [9.17, 15) is 4.39 Å². The van der Waals surface area contributed by atoms with Crippen molar-refractivity contribution in [3.63, 3.8) is 0 Å². The van der Waals surface area contributed by atoms with Crippen LogP contribution in [0, 0.1) is 5.92 Å². The Labute approximate surface area is 73.9 Å². The van der Waals surface area contributed by atoms with Gasteiger partial charge in [0.05, 0.1) is 0 Å². The van der Waals surface area contributed by atoms with Gasteiger partial charge >= 0.3 is 0 Å². The molecule has 2 aliphatic rings. The van der Waals surface area contributed by atoms with Gasteiger partial charge in [-0.05, 0) is 25.2 Å². The smallest absolute Gasteiger partial charge is 0.115 e. The van der Waals surface area contributed by atoms with Crippen molar-refractivity contribution in [2.45, 2.75) is 44.8 Å². The molecule has 2 rings (SSSR count). The minimum absolute atomic E-state index is 0.249. The van der Waals surface area contributed by atoms with E-state index in [0.717, 1.165) is 25.3 Å². The molecule has 0 spiro atoms. The standard InChI is InChI=1S/C10H18FN/c1-3-10-4-8(2)6-12(10)7-9(11)5-10/h8-9H,3-7H2,1-2H3. The maximum Gasteiger partial charge on any atom is 0.115 e. The first-order chi connectivity index (χ1) is 5.66. The first-order valence-corrected chi connectivity index (χ1v) is 5.05. The molecule has 70 valence electrons. The maximum atomic E-state index is 13.2. The van der Waals surface area contributed by atoms with Crippen LogP contribution in [0.15, 0.2) is 0 Å². The van der Waals surface area contributed by atoms with E-state index < -0.39 is 6.17 Å². The quantitative estimate of drug-likeness (QED) is 0.584. The van der Waals surface area contributed by atoms with Crippen LogP contribution in [-0.4, -0.2) is 29.7 Å². The van der Waals surface area contributed by atoms with E-state index in [1.54, 1.807) is 0 Å². The molecule has 0 aromatic carbocycles. The first kappa shape index (κ1) is 8.49. The minimum atomic E-state index is -0.558. The van der Waals surface area contributed by atoms with Crippen molar-refractivity contribution in [2.24, 2.45) is 5.92 Å². The Hall–Kier alpha value is -0.110. The molecule has 2 heterocycles. The lowest BCUT2D eigenvalue weighted by Crippen LogP contribution is -2.37. The summed E-state index contributed by atoms with van der Waals surface area (Å²) in [5, 5.41) is 0. The van der Waals surface area contributed by atoms with E-state index in [1.807, 2.05) is 0 Å². The Bertz CT molecular complexity index is 167. The highest BCUT2D eigenvalue weighted by molar-refractivity contribution is 5.04. The van der Waals surface area contributed by atoms with Crippen LogP contribution in [-0.2, 0) is 0 Å². The number of hydrogen-bond acceptors (Lipinski definition) is 1. The zero-order valence-electron chi connectivity index (χ0n) is 8.02. The van der Waals surface area contributed by atoms with Gasteiger partial charge in [0.15, 0.2) is 0 Å². The van der Waals surface area contributed by atoms with Gasteiger partial charge in [-0.3, -0.25) is 4.90 Å². The summed E-state index contributed by atoms with van der Waals surface area (Å²) in [5.41, 5.74) is 0.249. The lowest BCUT2D eigenvalue weighted by Gasteiger charge is -2.29. The van der Waals surface area contributed by atoms with Crippen LogP contribution in [0.3, 0.4) is 0 Å². The minimum Gasteiger partial charge on any atom is -0.294 e. The Morgan fingerprint density at radius 1 is 1.42 bits per heavy atom. The maximum absolute atomic E-state index is 13.2. The lowest BCUT2D eigenvalue weighted by molar-refractivity contribution is 0.189. The molecule has 2 saturated heterocycles. The van der Waals surface area contributed by atoms with Crippen molar-refractivity contribution >= 4 is 0 Å². The monoisotopic (exact) mass is 171 g/mol. The summed E-state index contributed by atoms with van der Waals surface area (Å²) in [4.78, 5) is 2.38. The average Bonchev–Trinajstić information content (AvgIpc) is 2.40. The van der Waals surface area contributed by atoms with E-state index in [0.29, 0.717) is 6.54 Å². The van der Waals surface area contributed by atoms with Crippen LogP contribution in [0.4, 0.5) is 4.39 Å². The Balaban J connectivity index is 2.16. The number of halogens is 1. The van der Waals surface area contributed by atoms with Crippen LogP contribution in [0.1, 0.15) is 33.1 Å². The highest BCUT2D eigenvalue weighted by atomic mass is 19.1. The molecule has 0 aromatic rings.